The van der Waals surface area contributed by atoms with Gasteiger partial charge in [0.25, 0.3) is 5.91 Å². The second kappa shape index (κ2) is 5.11. The maximum atomic E-state index is 12.7. The zero-order chi connectivity index (χ0) is 16.8. The molecule has 0 saturated carbocycles. The molecule has 4 N–H and O–H groups in total. The Labute approximate surface area is 128 Å². The summed E-state index contributed by atoms with van der Waals surface area (Å²) in [5.74, 6) is -0.367. The van der Waals surface area contributed by atoms with Crippen LogP contribution in [0.4, 0.5) is 24.9 Å². The molecular weight excluding hydrogens is 311 g/mol. The van der Waals surface area contributed by atoms with E-state index in [1.165, 1.54) is 17.0 Å². The molecule has 9 heteroatoms. The third-order valence-electron chi connectivity index (χ3n) is 3.56. The fourth-order valence-electron chi connectivity index (χ4n) is 2.45. The highest BCUT2D eigenvalue weighted by atomic mass is 19.4. The van der Waals surface area contributed by atoms with E-state index in [2.05, 4.69) is 9.97 Å². The fourth-order valence-corrected chi connectivity index (χ4v) is 2.45. The fraction of sp³-hybridized carbons (Fsp3) is 0.214. The average Bonchev–Trinajstić information content (AvgIpc) is 2.90. The number of nitrogen functional groups attached to an aromatic ring is 2. The molecule has 0 bridgehead atoms. The Balaban J connectivity index is 1.87. The summed E-state index contributed by atoms with van der Waals surface area (Å²) in [6.07, 6.45) is -4.51. The van der Waals surface area contributed by atoms with Gasteiger partial charge in [0.05, 0.1) is 24.3 Å². The van der Waals surface area contributed by atoms with Crippen molar-refractivity contribution in [2.24, 2.45) is 0 Å². The summed E-state index contributed by atoms with van der Waals surface area (Å²) >= 11 is 0. The molecule has 2 heterocycles. The van der Waals surface area contributed by atoms with Gasteiger partial charge in [0.15, 0.2) is 0 Å². The van der Waals surface area contributed by atoms with Crippen molar-refractivity contribution in [3.63, 3.8) is 0 Å². The highest BCUT2D eigenvalue weighted by Gasteiger charge is 2.32. The number of carbonyl (C=O) groups excluding carboxylic acids is 1. The monoisotopic (exact) mass is 323 g/mol. The average molecular weight is 323 g/mol. The lowest BCUT2D eigenvalue weighted by molar-refractivity contribution is -0.137. The van der Waals surface area contributed by atoms with Gasteiger partial charge >= 0.3 is 6.18 Å². The molecule has 0 atom stereocenters. The van der Waals surface area contributed by atoms with Crippen LogP contribution < -0.4 is 11.5 Å². The molecule has 3 rings (SSSR count). The van der Waals surface area contributed by atoms with Crippen LogP contribution in [-0.4, -0.2) is 20.8 Å². The zero-order valence-electron chi connectivity index (χ0n) is 11.8. The van der Waals surface area contributed by atoms with Crippen molar-refractivity contribution < 1.29 is 18.0 Å². The Morgan fingerprint density at radius 1 is 1.17 bits per heavy atom. The van der Waals surface area contributed by atoms with Gasteiger partial charge in [0.1, 0.15) is 5.82 Å². The van der Waals surface area contributed by atoms with Crippen LogP contribution in [-0.2, 0) is 19.3 Å². The lowest BCUT2D eigenvalue weighted by Gasteiger charge is -2.16. The number of halogens is 3. The molecule has 120 valence electrons. The predicted octanol–water partition coefficient (Wildman–Crippen LogP) is 1.82. The first-order chi connectivity index (χ1) is 10.8. The van der Waals surface area contributed by atoms with E-state index in [4.69, 9.17) is 11.5 Å². The molecule has 0 aliphatic carbocycles. The van der Waals surface area contributed by atoms with E-state index in [1.807, 2.05) is 0 Å². The Hall–Kier alpha value is -2.84. The highest BCUT2D eigenvalue weighted by Crippen LogP contribution is 2.31. The summed E-state index contributed by atoms with van der Waals surface area (Å²) in [4.78, 5) is 21.6. The van der Waals surface area contributed by atoms with Gasteiger partial charge in [-0.2, -0.15) is 18.2 Å². The first-order valence-electron chi connectivity index (χ1n) is 6.63. The van der Waals surface area contributed by atoms with Crippen LogP contribution in [0.2, 0.25) is 0 Å². The van der Waals surface area contributed by atoms with Crippen LogP contribution in [0.5, 0.6) is 0 Å². The number of fused-ring (bicyclic) bond motifs is 1. The molecule has 1 aromatic carbocycles. The van der Waals surface area contributed by atoms with Crippen LogP contribution in [0, 0.1) is 0 Å². The van der Waals surface area contributed by atoms with Gasteiger partial charge in [-0.15, -0.1) is 0 Å². The molecule has 23 heavy (non-hydrogen) atoms. The molecule has 1 aromatic heterocycles. The van der Waals surface area contributed by atoms with E-state index in [0.717, 1.165) is 12.1 Å². The van der Waals surface area contributed by atoms with Crippen molar-refractivity contribution in [3.05, 3.63) is 46.6 Å². The van der Waals surface area contributed by atoms with Crippen molar-refractivity contribution in [1.82, 2.24) is 14.9 Å². The highest BCUT2D eigenvalue weighted by molar-refractivity contribution is 5.94. The number of anilines is 2. The number of rotatable bonds is 1. The summed E-state index contributed by atoms with van der Waals surface area (Å²) in [5.41, 5.74) is 11.4. The molecule has 0 fully saturated rings. The van der Waals surface area contributed by atoms with Crippen molar-refractivity contribution in [2.75, 3.05) is 11.5 Å². The van der Waals surface area contributed by atoms with Gasteiger partial charge in [0.2, 0.25) is 5.95 Å². The number of amides is 1. The number of nitrogens with zero attached hydrogens (tertiary/aromatic N) is 3. The van der Waals surface area contributed by atoms with Crippen molar-refractivity contribution in [2.45, 2.75) is 19.3 Å². The van der Waals surface area contributed by atoms with Crippen molar-refractivity contribution >= 4 is 17.7 Å². The van der Waals surface area contributed by atoms with Gasteiger partial charge < -0.3 is 16.4 Å². The molecule has 0 unspecified atom stereocenters. The van der Waals surface area contributed by atoms with E-state index in [1.54, 1.807) is 0 Å². The van der Waals surface area contributed by atoms with Crippen LogP contribution in [0.25, 0.3) is 0 Å². The smallest absolute Gasteiger partial charge is 0.383 e. The minimum absolute atomic E-state index is 0.00498. The Morgan fingerprint density at radius 2 is 1.91 bits per heavy atom. The number of hydrogen-bond donors (Lipinski definition) is 2. The van der Waals surface area contributed by atoms with Gasteiger partial charge in [-0.3, -0.25) is 4.79 Å². The molecule has 0 spiro atoms. The maximum Gasteiger partial charge on any atom is 0.416 e. The van der Waals surface area contributed by atoms with Crippen LogP contribution in [0.3, 0.4) is 0 Å². The van der Waals surface area contributed by atoms with E-state index in [9.17, 15) is 18.0 Å². The number of alkyl halides is 3. The number of benzene rings is 1. The van der Waals surface area contributed by atoms with Gasteiger partial charge in [-0.25, -0.2) is 4.98 Å². The van der Waals surface area contributed by atoms with E-state index < -0.39 is 17.6 Å². The number of carbonyl (C=O) groups is 1. The first kappa shape index (κ1) is 15.1. The molecule has 1 aliphatic heterocycles. The van der Waals surface area contributed by atoms with E-state index in [0.29, 0.717) is 11.3 Å². The quantitative estimate of drug-likeness (QED) is 0.834. The number of aromatic nitrogens is 2. The summed E-state index contributed by atoms with van der Waals surface area (Å²) in [6.45, 7) is 0.262. The Bertz CT molecular complexity index is 790. The summed E-state index contributed by atoms with van der Waals surface area (Å²) in [6, 6.07) is 4.28. The lowest BCUT2D eigenvalue weighted by Crippen LogP contribution is -2.25. The van der Waals surface area contributed by atoms with Gasteiger partial charge in [0, 0.05) is 11.1 Å². The normalized spacial score (nSPS) is 14.0. The second-order valence-electron chi connectivity index (χ2n) is 5.13. The second-order valence-corrected chi connectivity index (χ2v) is 5.13. The summed E-state index contributed by atoms with van der Waals surface area (Å²) in [7, 11) is 0. The minimum Gasteiger partial charge on any atom is -0.383 e. The minimum atomic E-state index is -4.51. The van der Waals surface area contributed by atoms with E-state index in [-0.39, 0.29) is 30.4 Å². The zero-order valence-corrected chi connectivity index (χ0v) is 11.8. The Kier molecular flexibility index (Phi) is 3.35. The standard InChI is InChI=1S/C14H12F3N5O/c15-14(16,17)8-3-1-2-7(4-8)12(23)22-5-9-10(6-22)20-13(19)21-11(9)18/h1-4H,5-6H2,(H4,18,19,20,21). The summed E-state index contributed by atoms with van der Waals surface area (Å²) in [5, 5.41) is 0. The van der Waals surface area contributed by atoms with Gasteiger partial charge in [-0.1, -0.05) is 6.07 Å². The van der Waals surface area contributed by atoms with Gasteiger partial charge in [-0.05, 0) is 18.2 Å². The molecule has 1 amide bonds. The SMILES string of the molecule is Nc1nc(N)c2c(n1)CN(C(=O)c1cccc(C(F)(F)F)c1)C2. The molecular formula is C14H12F3N5O. The van der Waals surface area contributed by atoms with Crippen molar-refractivity contribution in [1.29, 1.82) is 0 Å². The predicted molar refractivity (Wildman–Crippen MR) is 75.9 cm³/mol. The summed E-state index contributed by atoms with van der Waals surface area (Å²) < 4.78 is 38.2. The Morgan fingerprint density at radius 3 is 2.61 bits per heavy atom. The molecule has 2 aromatic rings. The number of hydrogen-bond acceptors (Lipinski definition) is 5. The maximum absolute atomic E-state index is 12.7. The number of nitrogens with two attached hydrogens (primary N) is 2. The lowest BCUT2D eigenvalue weighted by atomic mass is 10.1. The van der Waals surface area contributed by atoms with Crippen molar-refractivity contribution in [3.8, 4) is 0 Å². The van der Waals surface area contributed by atoms with Crippen LogP contribution >= 0.6 is 0 Å². The largest absolute Gasteiger partial charge is 0.416 e. The third kappa shape index (κ3) is 2.77. The van der Waals surface area contributed by atoms with E-state index >= 15 is 0 Å². The van der Waals surface area contributed by atoms with Crippen LogP contribution in [0.15, 0.2) is 24.3 Å². The first-order valence-corrected chi connectivity index (χ1v) is 6.63. The molecule has 0 radical (unpaired) electrons. The van der Waals surface area contributed by atoms with Crippen LogP contribution in [0.1, 0.15) is 27.2 Å². The molecule has 0 saturated heterocycles. The molecule has 6 nitrogen and oxygen atoms in total. The third-order valence-corrected chi connectivity index (χ3v) is 3.56. The topological polar surface area (TPSA) is 98.1 Å². The molecule has 1 aliphatic rings.